The number of carbonyl (C=O) groups excluding carboxylic acids is 5. The predicted molar refractivity (Wildman–Crippen MR) is 217 cm³/mol. The van der Waals surface area contributed by atoms with Gasteiger partial charge < -0.3 is 16.0 Å². The third-order valence-electron chi connectivity index (χ3n) is 9.10. The van der Waals surface area contributed by atoms with E-state index in [1.54, 1.807) is 91.0 Å². The Morgan fingerprint density at radius 2 is 1.25 bits per heavy atom. The number of ketones is 2. The third kappa shape index (κ3) is 8.22. The van der Waals surface area contributed by atoms with Gasteiger partial charge in [-0.15, -0.1) is 11.8 Å². The zero-order valence-corrected chi connectivity index (χ0v) is 30.6. The number of fused-ring (bicyclic) bond motifs is 2. The van der Waals surface area contributed by atoms with Gasteiger partial charge in [-0.25, -0.2) is 0 Å². The number of anilines is 2. The Bertz CT molecular complexity index is 2460. The molecule has 6 aromatic rings. The fourth-order valence-electron chi connectivity index (χ4n) is 6.31. The number of hydrogen-bond acceptors (Lipinski definition) is 6. The van der Waals surface area contributed by atoms with Crippen LogP contribution in [0.15, 0.2) is 162 Å². The van der Waals surface area contributed by atoms with Crippen molar-refractivity contribution in [2.45, 2.75) is 23.5 Å². The third-order valence-corrected chi connectivity index (χ3v) is 10.5. The average Bonchev–Trinajstić information content (AvgIpc) is 3.22. The first-order chi connectivity index (χ1) is 26.8. The van der Waals surface area contributed by atoms with Crippen molar-refractivity contribution in [3.05, 3.63) is 191 Å². The summed E-state index contributed by atoms with van der Waals surface area (Å²) in [5, 5.41) is 8.02. The van der Waals surface area contributed by atoms with Gasteiger partial charge in [0.2, 0.25) is 5.91 Å². The van der Waals surface area contributed by atoms with E-state index in [-0.39, 0.29) is 40.0 Å². The molecule has 3 N–H and O–H groups in total. The van der Waals surface area contributed by atoms with Crippen LogP contribution in [0.5, 0.6) is 0 Å². The molecule has 270 valence electrons. The number of hydrogen-bond donors (Lipinski definition) is 3. The van der Waals surface area contributed by atoms with Gasteiger partial charge in [0.25, 0.3) is 11.8 Å². The summed E-state index contributed by atoms with van der Waals surface area (Å²) >= 11 is 1.30. The van der Waals surface area contributed by atoms with Crippen LogP contribution in [0.2, 0.25) is 0 Å². The van der Waals surface area contributed by atoms with Crippen LogP contribution in [-0.2, 0) is 9.59 Å². The zero-order valence-electron chi connectivity index (χ0n) is 29.7. The number of rotatable bonds is 11. The van der Waals surface area contributed by atoms with Crippen LogP contribution in [0.3, 0.4) is 0 Å². The maximum absolute atomic E-state index is 13.8. The van der Waals surface area contributed by atoms with Gasteiger partial charge in [-0.1, -0.05) is 122 Å². The maximum Gasteiger partial charge on any atom is 0.272 e. The minimum Gasteiger partial charge on any atom is -0.324 e. The van der Waals surface area contributed by atoms with E-state index in [1.807, 2.05) is 73.7 Å². The van der Waals surface area contributed by atoms with E-state index in [9.17, 15) is 24.0 Å². The minimum absolute atomic E-state index is 0.0482. The van der Waals surface area contributed by atoms with Crippen molar-refractivity contribution in [2.75, 3.05) is 10.6 Å². The van der Waals surface area contributed by atoms with Gasteiger partial charge in [-0.3, -0.25) is 24.0 Å². The highest BCUT2D eigenvalue weighted by Gasteiger charge is 2.32. The SMILES string of the molecule is CCC(Sc1cccc(NC(=O)/C(=C\c2ccc(-c3ccccc3)cc2)NC(=O)c2ccccc2)c1)C(=O)Nc1cccc2c1C(=O)c1ccccc1C2=O. The Morgan fingerprint density at radius 3 is 1.96 bits per heavy atom. The molecule has 0 fully saturated rings. The van der Waals surface area contributed by atoms with Crippen molar-refractivity contribution in [1.82, 2.24) is 5.32 Å². The molecule has 9 heteroatoms. The van der Waals surface area contributed by atoms with Crippen molar-refractivity contribution >= 4 is 58.5 Å². The molecule has 7 rings (SSSR count). The highest BCUT2D eigenvalue weighted by molar-refractivity contribution is 8.00. The number of carbonyl (C=O) groups is 5. The molecule has 0 spiro atoms. The van der Waals surface area contributed by atoms with Gasteiger partial charge in [-0.05, 0) is 65.6 Å². The number of benzene rings is 6. The molecule has 1 atom stereocenters. The Hall–Kier alpha value is -6.84. The van der Waals surface area contributed by atoms with Gasteiger partial charge in [0.15, 0.2) is 11.6 Å². The summed E-state index contributed by atoms with van der Waals surface area (Å²) in [6, 6.07) is 44.9. The van der Waals surface area contributed by atoms with Crippen molar-refractivity contribution in [3.63, 3.8) is 0 Å². The van der Waals surface area contributed by atoms with Crippen molar-refractivity contribution in [2.24, 2.45) is 0 Å². The van der Waals surface area contributed by atoms with E-state index in [0.29, 0.717) is 39.3 Å². The number of nitrogens with one attached hydrogen (secondary N) is 3. The summed E-state index contributed by atoms with van der Waals surface area (Å²) < 4.78 is 0. The lowest BCUT2D eigenvalue weighted by Gasteiger charge is -2.21. The Labute approximate surface area is 322 Å². The molecule has 1 aliphatic carbocycles. The summed E-state index contributed by atoms with van der Waals surface area (Å²) in [5.74, 6) is -1.87. The van der Waals surface area contributed by atoms with Gasteiger partial charge in [0.05, 0.1) is 16.5 Å². The molecule has 0 saturated heterocycles. The summed E-state index contributed by atoms with van der Waals surface area (Å²) in [6.45, 7) is 1.88. The van der Waals surface area contributed by atoms with Gasteiger partial charge in [-0.2, -0.15) is 0 Å². The summed E-state index contributed by atoms with van der Waals surface area (Å²) in [6.07, 6.45) is 2.08. The van der Waals surface area contributed by atoms with Crippen molar-refractivity contribution in [3.8, 4) is 11.1 Å². The normalized spacial score (nSPS) is 12.6. The van der Waals surface area contributed by atoms with E-state index in [2.05, 4.69) is 16.0 Å². The molecule has 0 aliphatic heterocycles. The highest BCUT2D eigenvalue weighted by Crippen LogP contribution is 2.34. The van der Waals surface area contributed by atoms with Crippen LogP contribution in [0.1, 0.15) is 61.1 Å². The number of thioether (sulfide) groups is 1. The monoisotopic (exact) mass is 741 g/mol. The smallest absolute Gasteiger partial charge is 0.272 e. The van der Waals surface area contributed by atoms with E-state index in [0.717, 1.165) is 11.1 Å². The van der Waals surface area contributed by atoms with Crippen LogP contribution >= 0.6 is 11.8 Å². The first kappa shape index (κ1) is 36.5. The Morgan fingerprint density at radius 1 is 0.636 bits per heavy atom. The van der Waals surface area contributed by atoms with Crippen molar-refractivity contribution < 1.29 is 24.0 Å². The second-order valence-electron chi connectivity index (χ2n) is 12.8. The Kier molecular flexibility index (Phi) is 10.9. The highest BCUT2D eigenvalue weighted by atomic mass is 32.2. The summed E-state index contributed by atoms with van der Waals surface area (Å²) in [5.41, 5.74) is 5.07. The topological polar surface area (TPSA) is 121 Å². The van der Waals surface area contributed by atoms with E-state index < -0.39 is 17.1 Å². The largest absolute Gasteiger partial charge is 0.324 e. The van der Waals surface area contributed by atoms with E-state index in [1.165, 1.54) is 11.8 Å². The van der Waals surface area contributed by atoms with Crippen LogP contribution in [0, 0.1) is 0 Å². The van der Waals surface area contributed by atoms with Crippen LogP contribution in [0.4, 0.5) is 11.4 Å². The molecule has 1 aliphatic rings. The van der Waals surface area contributed by atoms with Crippen LogP contribution in [-0.4, -0.2) is 34.5 Å². The molecule has 0 saturated carbocycles. The van der Waals surface area contributed by atoms with Crippen LogP contribution < -0.4 is 16.0 Å². The maximum atomic E-state index is 13.8. The fourth-order valence-corrected chi connectivity index (χ4v) is 7.32. The van der Waals surface area contributed by atoms with Crippen molar-refractivity contribution in [1.29, 1.82) is 0 Å². The number of amides is 3. The molecular formula is C46H35N3O5S. The quantitative estimate of drug-likeness (QED) is 0.0899. The fraction of sp³-hybridized carbons (Fsp3) is 0.0652. The summed E-state index contributed by atoms with van der Waals surface area (Å²) in [7, 11) is 0. The standard InChI is InChI=1S/C46H35N3O5S/c1-2-40(46(54)48-38-22-12-21-37-41(38)43(51)36-20-10-9-19-35(36)42(37)50)55-34-18-11-17-33(28-34)47-45(53)39(49-44(52)32-15-7-4-8-16-32)27-29-23-25-31(26-24-29)30-13-5-3-6-14-30/h3-28,40H,2H2,1H3,(H,47,53)(H,48,54)(H,49,52)/b39-27+. The lowest BCUT2D eigenvalue weighted by atomic mass is 9.83. The zero-order chi connectivity index (χ0) is 38.3. The molecule has 0 bridgehead atoms. The van der Waals surface area contributed by atoms with Gasteiger partial charge >= 0.3 is 0 Å². The predicted octanol–water partition coefficient (Wildman–Crippen LogP) is 9.05. The molecule has 8 nitrogen and oxygen atoms in total. The minimum atomic E-state index is -0.567. The second kappa shape index (κ2) is 16.4. The molecule has 0 radical (unpaired) electrons. The molecule has 6 aromatic carbocycles. The second-order valence-corrected chi connectivity index (χ2v) is 14.1. The first-order valence-corrected chi connectivity index (χ1v) is 18.6. The van der Waals surface area contributed by atoms with Gasteiger partial charge in [0.1, 0.15) is 5.70 Å². The first-order valence-electron chi connectivity index (χ1n) is 17.7. The molecule has 1 unspecified atom stereocenters. The summed E-state index contributed by atoms with van der Waals surface area (Å²) in [4.78, 5) is 68.1. The van der Waals surface area contributed by atoms with E-state index in [4.69, 9.17) is 0 Å². The lowest BCUT2D eigenvalue weighted by molar-refractivity contribution is -0.116. The molecule has 0 heterocycles. The Balaban J connectivity index is 1.08. The van der Waals surface area contributed by atoms with Gasteiger partial charge in [0, 0.05) is 32.8 Å². The van der Waals surface area contributed by atoms with E-state index >= 15 is 0 Å². The molecule has 0 aromatic heterocycles. The molecule has 55 heavy (non-hydrogen) atoms. The van der Waals surface area contributed by atoms with Crippen LogP contribution in [0.25, 0.3) is 17.2 Å². The molecular weight excluding hydrogens is 707 g/mol. The molecule has 3 amide bonds. The average molecular weight is 742 g/mol. The lowest BCUT2D eigenvalue weighted by Crippen LogP contribution is -2.30.